The molecule has 0 spiro atoms. The third-order valence-electron chi connectivity index (χ3n) is 8.13. The number of anilines is 6. The van der Waals surface area contributed by atoms with E-state index in [9.17, 15) is 4.79 Å². The van der Waals surface area contributed by atoms with Crippen molar-refractivity contribution in [2.24, 2.45) is 0 Å². The molecular formula is C33H37N7O3. The molecular weight excluding hydrogens is 542 g/mol. The van der Waals surface area contributed by atoms with E-state index >= 15 is 0 Å². The van der Waals surface area contributed by atoms with E-state index in [1.165, 1.54) is 5.69 Å². The Labute approximate surface area is 252 Å². The number of ether oxygens (including phenoxy) is 2. The number of para-hydroxylation sites is 1. The third-order valence-corrected chi connectivity index (χ3v) is 8.13. The number of nitrogens with one attached hydrogen (secondary N) is 1. The standard InChI is InChI=1S/C33H37N7O3/c1-22-7-6-8-23(2)30(22)39-21-24-20-34-32(35-25-9-11-26(12-10-25)38-17-15-37(3)16-18-38)36-31(24)40(33(39)41)28-14-13-27(42-4)19-29(28)43-5/h6-14,19-20H,15-18,21H2,1-5H3,(H,34,35,36). The van der Waals surface area contributed by atoms with Crippen molar-refractivity contribution in [1.29, 1.82) is 0 Å². The summed E-state index contributed by atoms with van der Waals surface area (Å²) in [5, 5.41) is 3.33. The molecule has 1 fully saturated rings. The maximum atomic E-state index is 14.4. The summed E-state index contributed by atoms with van der Waals surface area (Å²) < 4.78 is 11.1. The Hall–Kier alpha value is -4.83. The molecule has 0 atom stereocenters. The van der Waals surface area contributed by atoms with Crippen molar-refractivity contribution in [3.8, 4) is 11.5 Å². The molecule has 43 heavy (non-hydrogen) atoms. The fraction of sp³-hybridized carbons (Fsp3) is 0.303. The molecule has 0 bridgehead atoms. The zero-order chi connectivity index (χ0) is 30.1. The lowest BCUT2D eigenvalue weighted by atomic mass is 10.1. The molecule has 3 aromatic carbocycles. The molecule has 222 valence electrons. The highest BCUT2D eigenvalue weighted by molar-refractivity contribution is 6.11. The first-order valence-electron chi connectivity index (χ1n) is 14.4. The first-order valence-corrected chi connectivity index (χ1v) is 14.4. The van der Waals surface area contributed by atoms with E-state index in [4.69, 9.17) is 14.5 Å². The number of aromatic nitrogens is 2. The number of fused-ring (bicyclic) bond motifs is 1. The van der Waals surface area contributed by atoms with E-state index in [1.807, 2.05) is 56.3 Å². The topological polar surface area (TPSA) is 86.3 Å². The third kappa shape index (κ3) is 5.53. The van der Waals surface area contributed by atoms with Gasteiger partial charge in [-0.25, -0.2) is 14.7 Å². The number of benzene rings is 3. The lowest BCUT2D eigenvalue weighted by molar-refractivity contribution is 0.252. The van der Waals surface area contributed by atoms with Crippen LogP contribution < -0.4 is 29.5 Å². The van der Waals surface area contributed by atoms with E-state index < -0.39 is 0 Å². The monoisotopic (exact) mass is 579 g/mol. The van der Waals surface area contributed by atoms with Crippen LogP contribution in [0, 0.1) is 13.8 Å². The number of amides is 2. The molecule has 6 rings (SSSR count). The number of hydrogen-bond acceptors (Lipinski definition) is 8. The summed E-state index contributed by atoms with van der Waals surface area (Å²) >= 11 is 0. The SMILES string of the molecule is COc1ccc(N2C(=O)N(c3c(C)cccc3C)Cc3cnc(Nc4ccc(N5CCN(C)CC5)cc4)nc32)c(OC)c1. The number of carbonyl (C=O) groups excluding carboxylic acids is 1. The summed E-state index contributed by atoms with van der Waals surface area (Å²) in [5.74, 6) is 2.02. The zero-order valence-electron chi connectivity index (χ0n) is 25.3. The lowest BCUT2D eigenvalue weighted by Gasteiger charge is -2.37. The molecule has 0 aliphatic carbocycles. The molecule has 0 saturated carbocycles. The minimum atomic E-state index is -0.227. The van der Waals surface area contributed by atoms with E-state index in [0.29, 0.717) is 35.5 Å². The summed E-state index contributed by atoms with van der Waals surface area (Å²) in [6, 6.07) is 19.5. The molecule has 0 unspecified atom stereocenters. The van der Waals surface area contributed by atoms with Crippen LogP contribution in [0.25, 0.3) is 0 Å². The molecule has 4 aromatic rings. The van der Waals surface area contributed by atoms with Crippen LogP contribution in [0.3, 0.4) is 0 Å². The van der Waals surface area contributed by atoms with Crippen LogP contribution in [0.5, 0.6) is 11.5 Å². The number of nitrogens with zero attached hydrogens (tertiary/aromatic N) is 6. The van der Waals surface area contributed by atoms with E-state index in [1.54, 1.807) is 36.3 Å². The predicted octanol–water partition coefficient (Wildman–Crippen LogP) is 5.88. The number of methoxy groups -OCH3 is 2. The highest BCUT2D eigenvalue weighted by Crippen LogP contribution is 2.42. The van der Waals surface area contributed by atoms with Crippen molar-refractivity contribution in [1.82, 2.24) is 14.9 Å². The van der Waals surface area contributed by atoms with Crippen molar-refractivity contribution >= 4 is 40.5 Å². The molecule has 0 radical (unpaired) electrons. The number of aryl methyl sites for hydroxylation is 2. The van der Waals surface area contributed by atoms with Gasteiger partial charge in [-0.05, 0) is 68.4 Å². The first kappa shape index (κ1) is 28.3. The highest BCUT2D eigenvalue weighted by atomic mass is 16.5. The summed E-state index contributed by atoms with van der Waals surface area (Å²) in [5.41, 5.74) is 6.34. The van der Waals surface area contributed by atoms with Crippen molar-refractivity contribution in [3.63, 3.8) is 0 Å². The van der Waals surface area contributed by atoms with Gasteiger partial charge in [-0.15, -0.1) is 0 Å². The minimum Gasteiger partial charge on any atom is -0.497 e. The van der Waals surface area contributed by atoms with Crippen LogP contribution >= 0.6 is 0 Å². The van der Waals surface area contributed by atoms with Gasteiger partial charge in [0.15, 0.2) is 5.82 Å². The fourth-order valence-electron chi connectivity index (χ4n) is 5.75. The maximum absolute atomic E-state index is 14.4. The second-order valence-corrected chi connectivity index (χ2v) is 11.0. The Balaban J connectivity index is 1.36. The van der Waals surface area contributed by atoms with Crippen LogP contribution in [-0.4, -0.2) is 68.3 Å². The molecule has 10 nitrogen and oxygen atoms in total. The fourth-order valence-corrected chi connectivity index (χ4v) is 5.75. The summed E-state index contributed by atoms with van der Waals surface area (Å²) in [4.78, 5) is 32.0. The maximum Gasteiger partial charge on any atom is 0.335 e. The van der Waals surface area contributed by atoms with Gasteiger partial charge >= 0.3 is 6.03 Å². The Morgan fingerprint density at radius 3 is 2.28 bits per heavy atom. The lowest BCUT2D eigenvalue weighted by Crippen LogP contribution is -2.46. The number of urea groups is 1. The van der Waals surface area contributed by atoms with E-state index in [0.717, 1.165) is 54.2 Å². The molecule has 3 heterocycles. The van der Waals surface area contributed by atoms with Crippen molar-refractivity contribution in [2.75, 3.05) is 67.5 Å². The van der Waals surface area contributed by atoms with Crippen LogP contribution in [0.2, 0.25) is 0 Å². The number of likely N-dealkylation sites (N-methyl/N-ethyl adjacent to an activating group) is 1. The molecule has 1 saturated heterocycles. The molecule has 2 aliphatic rings. The van der Waals surface area contributed by atoms with Gasteiger partial charge in [-0.3, -0.25) is 4.90 Å². The van der Waals surface area contributed by atoms with Gasteiger partial charge in [0, 0.05) is 55.4 Å². The number of carbonyl (C=O) groups is 1. The molecule has 1 aromatic heterocycles. The second-order valence-electron chi connectivity index (χ2n) is 11.0. The number of rotatable bonds is 7. The highest BCUT2D eigenvalue weighted by Gasteiger charge is 2.37. The Bertz CT molecular complexity index is 1610. The van der Waals surface area contributed by atoms with E-state index in [2.05, 4.69) is 39.3 Å². The normalized spacial score (nSPS) is 15.4. The zero-order valence-corrected chi connectivity index (χ0v) is 25.3. The van der Waals surface area contributed by atoms with Gasteiger partial charge in [0.1, 0.15) is 11.5 Å². The minimum absolute atomic E-state index is 0.227. The van der Waals surface area contributed by atoms with Crippen LogP contribution in [-0.2, 0) is 6.54 Å². The molecule has 10 heteroatoms. The summed E-state index contributed by atoms with van der Waals surface area (Å²) in [6.45, 7) is 8.50. The summed E-state index contributed by atoms with van der Waals surface area (Å²) in [6.07, 6.45) is 1.79. The van der Waals surface area contributed by atoms with Gasteiger partial charge in [0.05, 0.1) is 32.1 Å². The Kier molecular flexibility index (Phi) is 7.77. The van der Waals surface area contributed by atoms with E-state index in [-0.39, 0.29) is 6.03 Å². The first-order chi connectivity index (χ1) is 20.9. The average Bonchev–Trinajstić information content (AvgIpc) is 3.02. The smallest absolute Gasteiger partial charge is 0.335 e. The largest absolute Gasteiger partial charge is 0.497 e. The second kappa shape index (κ2) is 11.8. The van der Waals surface area contributed by atoms with Crippen molar-refractivity contribution in [3.05, 3.63) is 83.6 Å². The average molecular weight is 580 g/mol. The van der Waals surface area contributed by atoms with Crippen LogP contribution in [0.15, 0.2) is 66.9 Å². The van der Waals surface area contributed by atoms with Gasteiger partial charge in [-0.2, -0.15) is 4.98 Å². The molecule has 2 aliphatic heterocycles. The van der Waals surface area contributed by atoms with Gasteiger partial charge < -0.3 is 24.6 Å². The quantitative estimate of drug-likeness (QED) is 0.290. The van der Waals surface area contributed by atoms with Gasteiger partial charge in [0.2, 0.25) is 5.95 Å². The molecule has 2 amide bonds. The van der Waals surface area contributed by atoms with Crippen LogP contribution in [0.1, 0.15) is 16.7 Å². The Morgan fingerprint density at radius 1 is 0.884 bits per heavy atom. The Morgan fingerprint density at radius 2 is 1.60 bits per heavy atom. The van der Waals surface area contributed by atoms with Gasteiger partial charge in [0.25, 0.3) is 0 Å². The summed E-state index contributed by atoms with van der Waals surface area (Å²) in [7, 11) is 5.33. The molecule has 1 N–H and O–H groups in total. The predicted molar refractivity (Wildman–Crippen MR) is 171 cm³/mol. The number of piperazine rings is 1. The van der Waals surface area contributed by atoms with Crippen molar-refractivity contribution < 1.29 is 14.3 Å². The van der Waals surface area contributed by atoms with Crippen molar-refractivity contribution in [2.45, 2.75) is 20.4 Å². The number of hydrogen-bond donors (Lipinski definition) is 1. The van der Waals surface area contributed by atoms with Crippen LogP contribution in [0.4, 0.5) is 39.3 Å². The van der Waals surface area contributed by atoms with Gasteiger partial charge in [-0.1, -0.05) is 18.2 Å².